The van der Waals surface area contributed by atoms with Crippen LogP contribution in [0.2, 0.25) is 0 Å². The van der Waals surface area contributed by atoms with Crippen LogP contribution in [0.4, 0.5) is 0 Å². The molecule has 1 aromatic carbocycles. The number of benzene rings is 1. The van der Waals surface area contributed by atoms with Gasteiger partial charge in [-0.1, -0.05) is 62.2 Å². The maximum absolute atomic E-state index is 12.5. The Kier molecular flexibility index (Phi) is 6.72. The van der Waals surface area contributed by atoms with Crippen LogP contribution in [0, 0.1) is 5.92 Å². The molecule has 0 saturated heterocycles. The fourth-order valence-corrected chi connectivity index (χ4v) is 2.58. The first kappa shape index (κ1) is 17.0. The Morgan fingerprint density at radius 1 is 1.29 bits per heavy atom. The quantitative estimate of drug-likeness (QED) is 0.312. The summed E-state index contributed by atoms with van der Waals surface area (Å²) in [6.45, 7) is 6.20. The van der Waals surface area contributed by atoms with Crippen molar-refractivity contribution in [1.29, 1.82) is 0 Å². The number of nitrogens with zero attached hydrogens (tertiary/aromatic N) is 1. The molecule has 4 N–H and O–H groups in total. The number of hydrogen-bond acceptors (Lipinski definition) is 3. The van der Waals surface area contributed by atoms with E-state index in [1.54, 1.807) is 12.1 Å². The van der Waals surface area contributed by atoms with E-state index in [-0.39, 0.29) is 17.8 Å². The second-order valence-corrected chi connectivity index (χ2v) is 5.24. The highest BCUT2D eigenvalue weighted by atomic mass is 16.4. The highest BCUT2D eigenvalue weighted by Crippen LogP contribution is 2.18. The van der Waals surface area contributed by atoms with E-state index in [1.807, 2.05) is 25.1 Å². The second-order valence-electron chi connectivity index (χ2n) is 5.24. The van der Waals surface area contributed by atoms with Crippen molar-refractivity contribution in [3.63, 3.8) is 0 Å². The molecule has 0 bridgehead atoms. The smallest absolute Gasteiger partial charge is 0.235 e. The van der Waals surface area contributed by atoms with Crippen molar-refractivity contribution in [1.82, 2.24) is 5.32 Å². The molecule has 0 spiro atoms. The molecule has 2 unspecified atom stereocenters. The van der Waals surface area contributed by atoms with Crippen LogP contribution in [-0.2, 0) is 4.79 Å². The van der Waals surface area contributed by atoms with Crippen molar-refractivity contribution in [3.8, 4) is 0 Å². The minimum atomic E-state index is -0.770. The molecule has 21 heavy (non-hydrogen) atoms. The second kappa shape index (κ2) is 8.29. The lowest BCUT2D eigenvalue weighted by Crippen LogP contribution is -2.44. The number of amides is 1. The van der Waals surface area contributed by atoms with E-state index >= 15 is 0 Å². The van der Waals surface area contributed by atoms with Crippen LogP contribution < -0.4 is 11.1 Å². The minimum absolute atomic E-state index is 0.0465. The van der Waals surface area contributed by atoms with E-state index in [0.717, 1.165) is 12.8 Å². The summed E-state index contributed by atoms with van der Waals surface area (Å²) < 4.78 is 0. The average molecular weight is 291 g/mol. The Balaban J connectivity index is 2.93. The number of nitrogens with two attached hydrogens (primary N) is 1. The van der Waals surface area contributed by atoms with Crippen LogP contribution in [-0.4, -0.2) is 23.0 Å². The lowest BCUT2D eigenvalue weighted by molar-refractivity contribution is -0.122. The fraction of sp³-hybridized carbons (Fsp3) is 0.500. The predicted octanol–water partition coefficient (Wildman–Crippen LogP) is 2.46. The largest absolute Gasteiger partial charge is 0.409 e. The predicted molar refractivity (Wildman–Crippen MR) is 84.3 cm³/mol. The van der Waals surface area contributed by atoms with Crippen LogP contribution in [0.25, 0.3) is 0 Å². The molecule has 1 rings (SSSR count). The van der Waals surface area contributed by atoms with Crippen molar-refractivity contribution >= 4 is 11.7 Å². The zero-order valence-electron chi connectivity index (χ0n) is 12.9. The van der Waals surface area contributed by atoms with E-state index in [1.165, 1.54) is 0 Å². The van der Waals surface area contributed by atoms with E-state index in [2.05, 4.69) is 24.3 Å². The number of carbonyl (C=O) groups is 1. The number of amidine groups is 1. The molecule has 116 valence electrons. The maximum atomic E-state index is 12.5. The van der Waals surface area contributed by atoms with Gasteiger partial charge >= 0.3 is 0 Å². The fourth-order valence-electron chi connectivity index (χ4n) is 2.58. The van der Waals surface area contributed by atoms with E-state index in [4.69, 9.17) is 10.9 Å². The van der Waals surface area contributed by atoms with Crippen LogP contribution >= 0.6 is 0 Å². The van der Waals surface area contributed by atoms with Gasteiger partial charge in [0.25, 0.3) is 0 Å². The molecular formula is C16H25N3O2. The molecule has 0 saturated carbocycles. The number of carbonyl (C=O) groups excluding carboxylic acids is 1. The van der Waals surface area contributed by atoms with Gasteiger partial charge in [0.2, 0.25) is 5.91 Å². The van der Waals surface area contributed by atoms with Gasteiger partial charge in [0.05, 0.1) is 0 Å². The highest BCUT2D eigenvalue weighted by Gasteiger charge is 2.27. The van der Waals surface area contributed by atoms with Crippen molar-refractivity contribution in [2.24, 2.45) is 16.8 Å². The third-order valence-corrected chi connectivity index (χ3v) is 3.93. The summed E-state index contributed by atoms with van der Waals surface area (Å²) in [6.07, 6.45) is 2.00. The summed E-state index contributed by atoms with van der Waals surface area (Å²) >= 11 is 0. The van der Waals surface area contributed by atoms with Crippen LogP contribution in [0.15, 0.2) is 35.5 Å². The monoisotopic (exact) mass is 291 g/mol. The van der Waals surface area contributed by atoms with Crippen molar-refractivity contribution in [2.75, 3.05) is 0 Å². The van der Waals surface area contributed by atoms with Crippen molar-refractivity contribution < 1.29 is 10.0 Å². The minimum Gasteiger partial charge on any atom is -0.409 e. The standard InChI is InChI=1S/C16H25N3O2/c1-4-12(5-2)11(3)18-16(20)14(15(17)19-21)13-9-7-6-8-10-13/h6-12,14,21H,4-5H2,1-3H3,(H2,17,19)(H,18,20). The maximum Gasteiger partial charge on any atom is 0.235 e. The normalized spacial score (nSPS) is 14.8. The van der Waals surface area contributed by atoms with E-state index in [0.29, 0.717) is 11.5 Å². The highest BCUT2D eigenvalue weighted by molar-refractivity contribution is 6.07. The Hall–Kier alpha value is -2.04. The SMILES string of the molecule is CCC(CC)C(C)NC(=O)C(C(N)=NO)c1ccccc1. The van der Waals surface area contributed by atoms with Gasteiger partial charge in [0, 0.05) is 6.04 Å². The van der Waals surface area contributed by atoms with Gasteiger partial charge in [-0.3, -0.25) is 4.79 Å². The molecule has 2 atom stereocenters. The van der Waals surface area contributed by atoms with Gasteiger partial charge in [-0.25, -0.2) is 0 Å². The number of nitrogens with one attached hydrogen (secondary N) is 1. The first-order valence-electron chi connectivity index (χ1n) is 7.37. The van der Waals surface area contributed by atoms with Gasteiger partial charge in [-0.15, -0.1) is 0 Å². The first-order chi connectivity index (χ1) is 10.0. The Bertz CT molecular complexity index is 470. The van der Waals surface area contributed by atoms with Crippen molar-refractivity contribution in [3.05, 3.63) is 35.9 Å². The number of oxime groups is 1. The van der Waals surface area contributed by atoms with E-state index in [9.17, 15) is 4.79 Å². The molecule has 1 amide bonds. The summed E-state index contributed by atoms with van der Waals surface area (Å²) in [5, 5.41) is 14.9. The topological polar surface area (TPSA) is 87.7 Å². The van der Waals surface area contributed by atoms with Gasteiger partial charge in [0.1, 0.15) is 5.92 Å². The third-order valence-electron chi connectivity index (χ3n) is 3.93. The van der Waals surface area contributed by atoms with Crippen molar-refractivity contribution in [2.45, 2.75) is 45.6 Å². The Morgan fingerprint density at radius 3 is 2.33 bits per heavy atom. The summed E-state index contributed by atoms with van der Waals surface area (Å²) in [6, 6.07) is 9.14. The molecule has 0 aliphatic carbocycles. The lowest BCUT2D eigenvalue weighted by Gasteiger charge is -2.25. The molecule has 5 heteroatoms. The molecular weight excluding hydrogens is 266 g/mol. The molecule has 0 aliphatic heterocycles. The summed E-state index contributed by atoms with van der Waals surface area (Å²) in [7, 11) is 0. The van der Waals surface area contributed by atoms with Crippen LogP contribution in [0.1, 0.15) is 45.1 Å². The molecule has 0 fully saturated rings. The molecule has 1 aromatic rings. The number of hydrogen-bond donors (Lipinski definition) is 3. The molecule has 0 aliphatic rings. The summed E-state index contributed by atoms with van der Waals surface area (Å²) in [4.78, 5) is 12.5. The molecule has 0 radical (unpaired) electrons. The van der Waals surface area contributed by atoms with Gasteiger partial charge < -0.3 is 16.3 Å². The van der Waals surface area contributed by atoms with Gasteiger partial charge in [0.15, 0.2) is 5.84 Å². The van der Waals surface area contributed by atoms with E-state index < -0.39 is 5.92 Å². The summed E-state index contributed by atoms with van der Waals surface area (Å²) in [5.74, 6) is -0.697. The Morgan fingerprint density at radius 2 is 1.86 bits per heavy atom. The molecule has 0 heterocycles. The molecule has 0 aromatic heterocycles. The number of rotatable bonds is 7. The average Bonchev–Trinajstić information content (AvgIpc) is 2.49. The zero-order chi connectivity index (χ0) is 15.8. The third kappa shape index (κ3) is 4.48. The Labute approximate surface area is 126 Å². The van der Waals surface area contributed by atoms with Crippen LogP contribution in [0.5, 0.6) is 0 Å². The summed E-state index contributed by atoms with van der Waals surface area (Å²) in [5.41, 5.74) is 6.42. The van der Waals surface area contributed by atoms with Gasteiger partial charge in [-0.2, -0.15) is 0 Å². The zero-order valence-corrected chi connectivity index (χ0v) is 12.9. The van der Waals surface area contributed by atoms with Gasteiger partial charge in [-0.05, 0) is 18.4 Å². The first-order valence-corrected chi connectivity index (χ1v) is 7.37. The molecule has 5 nitrogen and oxygen atoms in total. The van der Waals surface area contributed by atoms with Crippen LogP contribution in [0.3, 0.4) is 0 Å². The lowest BCUT2D eigenvalue weighted by atomic mass is 9.93.